The molecule has 1 aromatic carbocycles. The van der Waals surface area contributed by atoms with E-state index in [1.54, 1.807) is 6.07 Å². The third kappa shape index (κ3) is 5.39. The van der Waals surface area contributed by atoms with Gasteiger partial charge in [0, 0.05) is 11.4 Å². The second-order valence-electron chi connectivity index (χ2n) is 3.83. The van der Waals surface area contributed by atoms with Gasteiger partial charge in [-0.3, -0.25) is 4.21 Å². The van der Waals surface area contributed by atoms with Crippen molar-refractivity contribution in [2.45, 2.75) is 24.3 Å². The van der Waals surface area contributed by atoms with Crippen molar-refractivity contribution < 1.29 is 13.7 Å². The summed E-state index contributed by atoms with van der Waals surface area (Å²) >= 11 is 0. The molecule has 2 atom stereocenters. The molecule has 0 saturated carbocycles. The van der Waals surface area contributed by atoms with Crippen LogP contribution in [0.1, 0.15) is 13.3 Å². The molecule has 0 spiro atoms. The Labute approximate surface area is 104 Å². The summed E-state index contributed by atoms with van der Waals surface area (Å²) in [4.78, 5) is 0.416. The SMILES string of the molecule is CCCNCC(O)CS(=O)c1cccc(F)c1. The van der Waals surface area contributed by atoms with Gasteiger partial charge in [0.15, 0.2) is 0 Å². The van der Waals surface area contributed by atoms with Crippen molar-refractivity contribution in [3.05, 3.63) is 30.1 Å². The van der Waals surface area contributed by atoms with Crippen molar-refractivity contribution in [1.82, 2.24) is 5.32 Å². The van der Waals surface area contributed by atoms with E-state index in [0.29, 0.717) is 11.4 Å². The van der Waals surface area contributed by atoms with Gasteiger partial charge in [-0.15, -0.1) is 0 Å². The van der Waals surface area contributed by atoms with Crippen LogP contribution in [-0.4, -0.2) is 34.3 Å². The van der Waals surface area contributed by atoms with Gasteiger partial charge in [-0.2, -0.15) is 0 Å². The Bertz CT molecular complexity index is 373. The highest BCUT2D eigenvalue weighted by atomic mass is 32.2. The lowest BCUT2D eigenvalue weighted by atomic mass is 10.3. The number of hydrogen-bond acceptors (Lipinski definition) is 3. The molecule has 1 aromatic rings. The highest BCUT2D eigenvalue weighted by Gasteiger charge is 2.11. The first-order valence-electron chi connectivity index (χ1n) is 5.66. The van der Waals surface area contributed by atoms with E-state index >= 15 is 0 Å². The molecule has 0 fully saturated rings. The van der Waals surface area contributed by atoms with Crippen molar-refractivity contribution in [2.75, 3.05) is 18.8 Å². The number of aliphatic hydroxyl groups excluding tert-OH is 1. The number of benzene rings is 1. The monoisotopic (exact) mass is 259 g/mol. The Hall–Kier alpha value is -0.780. The average molecular weight is 259 g/mol. The molecule has 1 rings (SSSR count). The van der Waals surface area contributed by atoms with Crippen LogP contribution in [0.15, 0.2) is 29.2 Å². The zero-order chi connectivity index (χ0) is 12.7. The van der Waals surface area contributed by atoms with E-state index < -0.39 is 22.7 Å². The maximum atomic E-state index is 12.9. The lowest BCUT2D eigenvalue weighted by Crippen LogP contribution is -2.31. The molecule has 5 heteroatoms. The molecular formula is C12H18FNO2S. The van der Waals surface area contributed by atoms with Crippen LogP contribution in [0, 0.1) is 5.82 Å². The summed E-state index contributed by atoms with van der Waals surface area (Å²) in [7, 11) is -1.36. The van der Waals surface area contributed by atoms with Crippen LogP contribution in [0.5, 0.6) is 0 Å². The van der Waals surface area contributed by atoms with Gasteiger partial charge in [-0.05, 0) is 31.2 Å². The standard InChI is InChI=1S/C12H18FNO2S/c1-2-6-14-8-11(15)9-17(16)12-5-3-4-10(13)7-12/h3-5,7,11,14-15H,2,6,8-9H2,1H3. The van der Waals surface area contributed by atoms with Crippen molar-refractivity contribution in [3.63, 3.8) is 0 Å². The fourth-order valence-electron chi connectivity index (χ4n) is 1.38. The highest BCUT2D eigenvalue weighted by Crippen LogP contribution is 2.09. The fraction of sp³-hybridized carbons (Fsp3) is 0.500. The van der Waals surface area contributed by atoms with Crippen LogP contribution in [0.2, 0.25) is 0 Å². The first kappa shape index (κ1) is 14.3. The zero-order valence-electron chi connectivity index (χ0n) is 9.86. The van der Waals surface area contributed by atoms with Crippen molar-refractivity contribution in [2.24, 2.45) is 0 Å². The van der Waals surface area contributed by atoms with E-state index in [1.807, 2.05) is 6.92 Å². The van der Waals surface area contributed by atoms with E-state index in [9.17, 15) is 13.7 Å². The molecule has 0 aliphatic rings. The van der Waals surface area contributed by atoms with Crippen LogP contribution in [0.3, 0.4) is 0 Å². The first-order valence-corrected chi connectivity index (χ1v) is 6.98. The van der Waals surface area contributed by atoms with Crippen LogP contribution < -0.4 is 5.32 Å². The number of halogens is 1. The summed E-state index contributed by atoms with van der Waals surface area (Å²) in [6, 6.07) is 5.66. The molecule has 2 unspecified atom stereocenters. The number of rotatable bonds is 7. The molecule has 3 nitrogen and oxygen atoms in total. The summed E-state index contributed by atoms with van der Waals surface area (Å²) in [5.41, 5.74) is 0. The first-order chi connectivity index (χ1) is 8.13. The van der Waals surface area contributed by atoms with Crippen LogP contribution >= 0.6 is 0 Å². The van der Waals surface area contributed by atoms with Gasteiger partial charge in [0.2, 0.25) is 0 Å². The third-order valence-corrected chi connectivity index (χ3v) is 3.68. The Kier molecular flexibility index (Phi) is 6.32. The van der Waals surface area contributed by atoms with Crippen LogP contribution in [0.25, 0.3) is 0 Å². The van der Waals surface area contributed by atoms with Gasteiger partial charge in [-0.25, -0.2) is 4.39 Å². The Balaban J connectivity index is 2.43. The minimum absolute atomic E-state index is 0.125. The molecule has 0 aliphatic heterocycles. The van der Waals surface area contributed by atoms with Gasteiger partial charge in [0.05, 0.1) is 22.7 Å². The molecule has 96 valence electrons. The van der Waals surface area contributed by atoms with Crippen molar-refractivity contribution in [1.29, 1.82) is 0 Å². The van der Waals surface area contributed by atoms with Gasteiger partial charge < -0.3 is 10.4 Å². The molecule has 0 radical (unpaired) electrons. The van der Waals surface area contributed by atoms with Crippen molar-refractivity contribution in [3.8, 4) is 0 Å². The summed E-state index contributed by atoms with van der Waals surface area (Å²) in [6.07, 6.45) is 0.310. The van der Waals surface area contributed by atoms with E-state index in [1.165, 1.54) is 18.2 Å². The quantitative estimate of drug-likeness (QED) is 0.726. The minimum atomic E-state index is -1.36. The molecule has 0 saturated heterocycles. The lowest BCUT2D eigenvalue weighted by Gasteiger charge is -2.11. The second kappa shape index (κ2) is 7.53. The number of nitrogens with one attached hydrogen (secondary N) is 1. The molecule has 0 aromatic heterocycles. The number of hydrogen-bond donors (Lipinski definition) is 2. The molecule has 2 N–H and O–H groups in total. The predicted octanol–water partition coefficient (Wildman–Crippen LogP) is 1.29. The summed E-state index contributed by atoms with van der Waals surface area (Å²) in [6.45, 7) is 3.27. The van der Waals surface area contributed by atoms with E-state index in [2.05, 4.69) is 5.32 Å². The zero-order valence-corrected chi connectivity index (χ0v) is 10.7. The van der Waals surface area contributed by atoms with Gasteiger partial charge in [0.1, 0.15) is 5.82 Å². The maximum Gasteiger partial charge on any atom is 0.124 e. The fourth-order valence-corrected chi connectivity index (χ4v) is 2.52. The van der Waals surface area contributed by atoms with Gasteiger partial charge >= 0.3 is 0 Å². The van der Waals surface area contributed by atoms with E-state index in [4.69, 9.17) is 0 Å². The largest absolute Gasteiger partial charge is 0.391 e. The van der Waals surface area contributed by atoms with Crippen LogP contribution in [-0.2, 0) is 10.8 Å². The van der Waals surface area contributed by atoms with Gasteiger partial charge in [0.25, 0.3) is 0 Å². The smallest absolute Gasteiger partial charge is 0.124 e. The third-order valence-electron chi connectivity index (χ3n) is 2.21. The Morgan fingerprint density at radius 3 is 2.94 bits per heavy atom. The lowest BCUT2D eigenvalue weighted by molar-refractivity contribution is 0.195. The molecule has 0 bridgehead atoms. The summed E-state index contributed by atoms with van der Waals surface area (Å²) in [5, 5.41) is 12.7. The minimum Gasteiger partial charge on any atom is -0.391 e. The van der Waals surface area contributed by atoms with E-state index in [-0.39, 0.29) is 5.75 Å². The normalized spacial score (nSPS) is 14.5. The van der Waals surface area contributed by atoms with Crippen molar-refractivity contribution >= 4 is 10.8 Å². The maximum absolute atomic E-state index is 12.9. The Morgan fingerprint density at radius 1 is 1.53 bits per heavy atom. The molecule has 0 amide bonds. The van der Waals surface area contributed by atoms with Gasteiger partial charge in [-0.1, -0.05) is 13.0 Å². The summed E-state index contributed by atoms with van der Waals surface area (Å²) in [5.74, 6) is -0.283. The highest BCUT2D eigenvalue weighted by molar-refractivity contribution is 7.85. The van der Waals surface area contributed by atoms with Crippen LogP contribution in [0.4, 0.5) is 4.39 Å². The summed E-state index contributed by atoms with van der Waals surface area (Å²) < 4.78 is 24.7. The predicted molar refractivity (Wildman–Crippen MR) is 66.8 cm³/mol. The number of aliphatic hydroxyl groups is 1. The second-order valence-corrected chi connectivity index (χ2v) is 5.32. The Morgan fingerprint density at radius 2 is 2.29 bits per heavy atom. The average Bonchev–Trinajstić information content (AvgIpc) is 2.29. The molecule has 0 aliphatic carbocycles. The van der Waals surface area contributed by atoms with E-state index in [0.717, 1.165) is 13.0 Å². The molecule has 0 heterocycles. The molecule has 17 heavy (non-hydrogen) atoms. The topological polar surface area (TPSA) is 49.3 Å². The molecular weight excluding hydrogens is 241 g/mol.